The van der Waals surface area contributed by atoms with Crippen molar-refractivity contribution in [2.24, 2.45) is 0 Å². The Hall–Kier alpha value is -12.8. The van der Waals surface area contributed by atoms with Crippen molar-refractivity contribution in [1.29, 1.82) is 15.8 Å². The number of hydrogen-bond acceptors (Lipinski definition) is 19. The molecule has 0 N–H and O–H groups in total. The lowest BCUT2D eigenvalue weighted by atomic mass is 9.87. The first-order chi connectivity index (χ1) is 49.2. The van der Waals surface area contributed by atoms with Crippen LogP contribution in [0.5, 0.6) is 17.2 Å². The standard InChI is InChI=1S/C27H21ClFN7O2.C24H22N6O2.C23H20N6O2/c1-2-38-22-13-23(27-19(14-30)16-32-36(27)17-22)18-3-5-25(31-15-18)34-7-9-35(10-8-34)26(37)6-4-21-11-20(29)12-24(28)33-21;1-3-23(31)29-14-18-6-7-19(29)13-28(18)22-8-5-16(11-26-22)21-9-20(32-4-2)15-30-24(21)17(10-25)12-27-30;1-3-22(30)29-17-7-18(29)13-27(12-17)21-6-5-15(10-25-21)20-8-19(31-4-2)14-28-23(20)16(9-24)11-26-28/h3,5,11-13,15-17H,2,7-10H2,1H3;1,5,8-9,11-12,15,18-19H,4,6-7,13-14H2,2H3;1,5-6,8,10-11,14,17-18H,4,7,12-13H2,2H3. The van der Waals surface area contributed by atoms with Crippen LogP contribution in [-0.2, 0) is 14.4 Å². The molecule has 0 spiro atoms. The minimum Gasteiger partial charge on any atom is -0.492 e. The van der Waals surface area contributed by atoms with Gasteiger partial charge >= 0.3 is 0 Å². The quantitative estimate of drug-likeness (QED) is 0.0824. The van der Waals surface area contributed by atoms with E-state index >= 15 is 0 Å². The smallest absolute Gasteiger partial charge is 0.299 e. The van der Waals surface area contributed by atoms with Gasteiger partial charge in [0.25, 0.3) is 17.7 Å². The minimum absolute atomic E-state index is 0.0176. The lowest BCUT2D eigenvalue weighted by Gasteiger charge is -2.55. The van der Waals surface area contributed by atoms with Gasteiger partial charge in [-0.2, -0.15) is 31.1 Å². The Morgan fingerprint density at radius 2 is 1.02 bits per heavy atom. The number of aromatic nitrogens is 10. The third kappa shape index (κ3) is 13.7. The number of nitrogens with zero attached hydrogens (tertiary/aromatic N) is 19. The Bertz CT molecular complexity index is 5110. The lowest BCUT2D eigenvalue weighted by Crippen LogP contribution is -2.70. The highest BCUT2D eigenvalue weighted by Gasteiger charge is 2.47. The van der Waals surface area contributed by atoms with E-state index in [1.54, 1.807) is 61.8 Å². The summed E-state index contributed by atoms with van der Waals surface area (Å²) in [4.78, 5) is 66.2. The van der Waals surface area contributed by atoms with Crippen molar-refractivity contribution in [3.05, 3.63) is 156 Å². The van der Waals surface area contributed by atoms with Gasteiger partial charge in [-0.1, -0.05) is 11.6 Å². The SMILES string of the molecule is C#CC(=O)N1C2CC1CN(c1ccc(-c3cc(OCC)cn4ncc(C#N)c34)cn1)C2.C#CC(=O)N1CC2CCC1CN2c1ccc(-c2cc(OCC)cn3ncc(C#N)c23)cn1.CCOc1cc(-c2ccc(N3CCN(C(=O)C#Cc4cc(F)cc(Cl)n4)CC3)nc2)c2c(C#N)cnn2c1. The topological polar surface area (TPSA) is 273 Å². The van der Waals surface area contributed by atoms with Crippen LogP contribution in [0.4, 0.5) is 21.8 Å². The summed E-state index contributed by atoms with van der Waals surface area (Å²) in [5.74, 6) is 12.7. The Kier molecular flexibility index (Phi) is 19.3. The van der Waals surface area contributed by atoms with Crippen molar-refractivity contribution in [3.63, 3.8) is 0 Å². The van der Waals surface area contributed by atoms with Gasteiger partial charge in [0.2, 0.25) is 0 Å². The van der Waals surface area contributed by atoms with Crippen LogP contribution in [0.15, 0.2) is 123 Å². The first-order valence-electron chi connectivity index (χ1n) is 32.7. The highest BCUT2D eigenvalue weighted by molar-refractivity contribution is 6.29. The van der Waals surface area contributed by atoms with Crippen molar-refractivity contribution in [2.45, 2.75) is 64.2 Å². The molecule has 0 aliphatic carbocycles. The molecule has 10 aromatic rings. The molecule has 7 fully saturated rings. The number of pyridine rings is 7. The zero-order valence-corrected chi connectivity index (χ0v) is 55.9. The summed E-state index contributed by atoms with van der Waals surface area (Å²) in [7, 11) is 0. The number of ether oxygens (including phenoxy) is 3. The largest absolute Gasteiger partial charge is 0.492 e. The van der Waals surface area contributed by atoms with E-state index in [1.807, 2.05) is 91.4 Å². The average molecular weight is 1370 g/mol. The Balaban J connectivity index is 0.000000136. The molecule has 4 unspecified atom stereocenters. The van der Waals surface area contributed by atoms with E-state index in [0.717, 1.165) is 113 Å². The van der Waals surface area contributed by atoms with Crippen LogP contribution in [0.25, 0.3) is 49.9 Å². The molecule has 101 heavy (non-hydrogen) atoms. The van der Waals surface area contributed by atoms with Crippen LogP contribution in [0, 0.1) is 76.3 Å². The molecule has 0 aromatic carbocycles. The molecule has 17 rings (SSSR count). The van der Waals surface area contributed by atoms with E-state index in [2.05, 4.69) is 86.8 Å². The monoisotopic (exact) mass is 1370 g/mol. The van der Waals surface area contributed by atoms with Gasteiger partial charge in [-0.25, -0.2) is 37.9 Å². The number of rotatable bonds is 12. The maximum atomic E-state index is 13.4. The third-order valence-electron chi connectivity index (χ3n) is 18.3. The molecule has 10 aromatic heterocycles. The highest BCUT2D eigenvalue weighted by atomic mass is 35.5. The Morgan fingerprint density at radius 3 is 1.44 bits per heavy atom. The van der Waals surface area contributed by atoms with Crippen molar-refractivity contribution < 1.29 is 33.0 Å². The van der Waals surface area contributed by atoms with Gasteiger partial charge in [-0.05, 0) is 112 Å². The van der Waals surface area contributed by atoms with Crippen LogP contribution in [-0.4, -0.2) is 178 Å². The van der Waals surface area contributed by atoms with Crippen molar-refractivity contribution in [2.75, 3.05) is 86.9 Å². The minimum atomic E-state index is -0.559. The summed E-state index contributed by atoms with van der Waals surface area (Å²) < 4.78 is 35.5. The van der Waals surface area contributed by atoms with Crippen molar-refractivity contribution >= 4 is 63.3 Å². The number of terminal acetylenes is 2. The van der Waals surface area contributed by atoms with Gasteiger partial charge in [0, 0.05) is 128 Å². The van der Waals surface area contributed by atoms with Crippen LogP contribution in [0.3, 0.4) is 0 Å². The second-order valence-electron chi connectivity index (χ2n) is 24.1. The van der Waals surface area contributed by atoms with Gasteiger partial charge in [-0.15, -0.1) is 12.8 Å². The molecule has 0 saturated carbocycles. The number of piperazine rings is 3. The Labute approximate surface area is 585 Å². The van der Waals surface area contributed by atoms with E-state index in [0.29, 0.717) is 92.0 Å². The van der Waals surface area contributed by atoms with Crippen molar-refractivity contribution in [1.82, 2.24) is 63.5 Å². The molecule has 3 amide bonds. The van der Waals surface area contributed by atoms with Gasteiger partial charge in [-0.3, -0.25) is 14.4 Å². The van der Waals surface area contributed by atoms with E-state index in [9.17, 15) is 34.6 Å². The molecule has 0 radical (unpaired) electrons. The van der Waals surface area contributed by atoms with E-state index < -0.39 is 5.82 Å². The second-order valence-corrected chi connectivity index (χ2v) is 24.5. The number of carbonyl (C=O) groups excluding carboxylic acids is 3. The fraction of sp³-hybridized carbons (Fsp3) is 0.284. The maximum Gasteiger partial charge on any atom is 0.299 e. The summed E-state index contributed by atoms with van der Waals surface area (Å²) >= 11 is 5.74. The number of piperidine rings is 3. The number of fused-ring (bicyclic) bond motifs is 8. The van der Waals surface area contributed by atoms with Gasteiger partial charge in [0.1, 0.15) is 69.6 Å². The fourth-order valence-corrected chi connectivity index (χ4v) is 13.8. The summed E-state index contributed by atoms with van der Waals surface area (Å²) in [6.07, 6.45) is 28.9. The molecule has 4 atom stereocenters. The van der Waals surface area contributed by atoms with Gasteiger partial charge in [0.05, 0.1) is 108 Å². The fourth-order valence-electron chi connectivity index (χ4n) is 13.6. The molecular weight excluding hydrogens is 1310 g/mol. The number of halogens is 2. The molecule has 7 aliphatic rings. The number of hydrogen-bond donors (Lipinski definition) is 0. The molecule has 7 aliphatic heterocycles. The average Bonchev–Trinajstić information content (AvgIpc) is 1.55. The molecule has 504 valence electrons. The normalized spacial score (nSPS) is 17.1. The number of carbonyl (C=O) groups is 3. The van der Waals surface area contributed by atoms with Crippen LogP contribution in [0.2, 0.25) is 5.15 Å². The van der Waals surface area contributed by atoms with E-state index in [-0.39, 0.29) is 52.7 Å². The predicted molar refractivity (Wildman–Crippen MR) is 373 cm³/mol. The van der Waals surface area contributed by atoms with Crippen LogP contribution < -0.4 is 28.9 Å². The first kappa shape index (κ1) is 66.8. The van der Waals surface area contributed by atoms with Gasteiger partial charge in [0.15, 0.2) is 0 Å². The third-order valence-corrected chi connectivity index (χ3v) is 18.5. The van der Waals surface area contributed by atoms with E-state index in [1.165, 1.54) is 6.20 Å². The maximum absolute atomic E-state index is 13.4. The second kappa shape index (κ2) is 29.1. The molecule has 25 nitrogen and oxygen atoms in total. The van der Waals surface area contributed by atoms with E-state index in [4.69, 9.17) is 43.6 Å². The van der Waals surface area contributed by atoms with Crippen LogP contribution >= 0.6 is 11.6 Å². The molecule has 17 heterocycles. The summed E-state index contributed by atoms with van der Waals surface area (Å²) in [5.41, 5.74) is 8.77. The molecule has 7 saturated heterocycles. The molecule has 27 heteroatoms. The number of anilines is 3. The van der Waals surface area contributed by atoms with Crippen molar-refractivity contribution in [3.8, 4) is 105 Å². The first-order valence-corrected chi connectivity index (χ1v) is 33.1. The number of amides is 3. The zero-order chi connectivity index (χ0) is 70.4. The highest BCUT2D eigenvalue weighted by Crippen LogP contribution is 2.39. The molecule has 4 bridgehead atoms. The summed E-state index contributed by atoms with van der Waals surface area (Å²) in [5, 5.41) is 41.4. The Morgan fingerprint density at radius 1 is 0.554 bits per heavy atom. The van der Waals surface area contributed by atoms with Crippen LogP contribution in [0.1, 0.15) is 62.4 Å². The molecular formula is C74H63ClFN19O6. The summed E-state index contributed by atoms with van der Waals surface area (Å²) in [6.45, 7) is 12.2. The predicted octanol–water partition coefficient (Wildman–Crippen LogP) is 8.12. The zero-order valence-electron chi connectivity index (χ0n) is 55.1. The number of nitriles is 3. The summed E-state index contributed by atoms with van der Waals surface area (Å²) in [6, 6.07) is 27.0. The van der Waals surface area contributed by atoms with Gasteiger partial charge < -0.3 is 43.6 Å². The lowest BCUT2D eigenvalue weighted by molar-refractivity contribution is -0.139.